The Hall–Kier alpha value is -2.74. The van der Waals surface area contributed by atoms with Gasteiger partial charge in [0.15, 0.2) is 11.5 Å². The van der Waals surface area contributed by atoms with E-state index in [0.29, 0.717) is 22.8 Å². The molecule has 0 bridgehead atoms. The van der Waals surface area contributed by atoms with Crippen LogP contribution in [0, 0.1) is 0 Å². The molecule has 2 aromatic rings. The van der Waals surface area contributed by atoms with Crippen LogP contribution < -0.4 is 19.0 Å². The van der Waals surface area contributed by atoms with Crippen LogP contribution in [0.25, 0.3) is 0 Å². The minimum absolute atomic E-state index is 0.126. The third kappa shape index (κ3) is 3.96. The molecule has 8 heteroatoms. The first-order chi connectivity index (χ1) is 11.5. The molecule has 0 aliphatic rings. The number of sulfonamides is 1. The van der Waals surface area contributed by atoms with Gasteiger partial charge in [-0.15, -0.1) is 0 Å². The summed E-state index contributed by atoms with van der Waals surface area (Å²) in [5, 5.41) is 3.79. The minimum atomic E-state index is -3.72. The van der Waals surface area contributed by atoms with E-state index >= 15 is 0 Å². The van der Waals surface area contributed by atoms with Crippen LogP contribution in [0.2, 0.25) is 0 Å². The highest BCUT2D eigenvalue weighted by molar-refractivity contribution is 7.89. The van der Waals surface area contributed by atoms with E-state index in [2.05, 4.69) is 9.93 Å². The van der Waals surface area contributed by atoms with Crippen molar-refractivity contribution in [1.29, 1.82) is 0 Å². The van der Waals surface area contributed by atoms with E-state index in [4.69, 9.17) is 14.2 Å². The second-order valence-electron chi connectivity index (χ2n) is 4.62. The van der Waals surface area contributed by atoms with Crippen LogP contribution in [0.1, 0.15) is 5.56 Å². The van der Waals surface area contributed by atoms with Gasteiger partial charge in [-0.1, -0.05) is 18.2 Å². The maximum absolute atomic E-state index is 12.1. The zero-order valence-electron chi connectivity index (χ0n) is 13.5. The molecule has 0 saturated heterocycles. The topological polar surface area (TPSA) is 86.2 Å². The molecule has 0 unspecified atom stereocenters. The molecule has 128 valence electrons. The second kappa shape index (κ2) is 7.69. The Morgan fingerprint density at radius 2 is 1.50 bits per heavy atom. The SMILES string of the molecule is COc1cc(OC)c(OC)cc1C=NNS(=O)(=O)c1ccccc1. The molecular formula is C16H18N2O5S. The summed E-state index contributed by atoms with van der Waals surface area (Å²) in [5.41, 5.74) is 0.533. The van der Waals surface area contributed by atoms with Crippen molar-refractivity contribution < 1.29 is 22.6 Å². The van der Waals surface area contributed by atoms with Crippen LogP contribution in [-0.4, -0.2) is 36.0 Å². The van der Waals surface area contributed by atoms with Crippen LogP contribution in [0.4, 0.5) is 0 Å². The monoisotopic (exact) mass is 350 g/mol. The third-order valence-corrected chi connectivity index (χ3v) is 4.40. The van der Waals surface area contributed by atoms with Crippen LogP contribution in [-0.2, 0) is 10.0 Å². The summed E-state index contributed by atoms with van der Waals surface area (Å²) in [5.74, 6) is 1.44. The van der Waals surface area contributed by atoms with Crippen molar-refractivity contribution in [1.82, 2.24) is 4.83 Å². The number of hydrazone groups is 1. The predicted molar refractivity (Wildman–Crippen MR) is 90.5 cm³/mol. The molecular weight excluding hydrogens is 332 g/mol. The van der Waals surface area contributed by atoms with Crippen LogP contribution in [0.5, 0.6) is 17.2 Å². The van der Waals surface area contributed by atoms with Gasteiger partial charge in [0.25, 0.3) is 10.0 Å². The zero-order chi connectivity index (χ0) is 17.6. The molecule has 24 heavy (non-hydrogen) atoms. The Labute approximate surface area is 140 Å². The summed E-state index contributed by atoms with van der Waals surface area (Å²) in [4.78, 5) is 2.28. The first-order valence-corrected chi connectivity index (χ1v) is 8.40. The number of benzene rings is 2. The van der Waals surface area contributed by atoms with Gasteiger partial charge < -0.3 is 14.2 Å². The van der Waals surface area contributed by atoms with Crippen LogP contribution in [0.15, 0.2) is 52.5 Å². The number of hydrogen-bond donors (Lipinski definition) is 1. The average Bonchev–Trinajstić information content (AvgIpc) is 2.61. The molecule has 0 aliphatic heterocycles. The lowest BCUT2D eigenvalue weighted by Gasteiger charge is -2.11. The molecule has 0 aliphatic carbocycles. The second-order valence-corrected chi connectivity index (χ2v) is 6.28. The van der Waals surface area contributed by atoms with Crippen LogP contribution >= 0.6 is 0 Å². The van der Waals surface area contributed by atoms with E-state index in [1.807, 2.05) is 0 Å². The summed E-state index contributed by atoms with van der Waals surface area (Å²) >= 11 is 0. The lowest BCUT2D eigenvalue weighted by atomic mass is 10.2. The molecule has 0 atom stereocenters. The summed E-state index contributed by atoms with van der Waals surface area (Å²) < 4.78 is 39.9. The highest BCUT2D eigenvalue weighted by atomic mass is 32.2. The van der Waals surface area contributed by atoms with Crippen molar-refractivity contribution in [3.8, 4) is 17.2 Å². The van der Waals surface area contributed by atoms with Crippen molar-refractivity contribution in [2.45, 2.75) is 4.90 Å². The first-order valence-electron chi connectivity index (χ1n) is 6.91. The Kier molecular flexibility index (Phi) is 5.64. The van der Waals surface area contributed by atoms with Gasteiger partial charge in [-0.05, 0) is 18.2 Å². The molecule has 7 nitrogen and oxygen atoms in total. The fraction of sp³-hybridized carbons (Fsp3) is 0.188. The Bertz CT molecular complexity index is 820. The molecule has 2 aromatic carbocycles. The van der Waals surface area contributed by atoms with Crippen LogP contribution in [0.3, 0.4) is 0 Å². The molecule has 0 aromatic heterocycles. The molecule has 0 spiro atoms. The summed E-state index contributed by atoms with van der Waals surface area (Å²) in [6.07, 6.45) is 1.33. The van der Waals surface area contributed by atoms with E-state index < -0.39 is 10.0 Å². The number of hydrogen-bond acceptors (Lipinski definition) is 6. The van der Waals surface area contributed by atoms with E-state index in [9.17, 15) is 8.42 Å². The Balaban J connectivity index is 2.26. The Morgan fingerprint density at radius 3 is 2.08 bits per heavy atom. The Morgan fingerprint density at radius 1 is 0.917 bits per heavy atom. The van der Waals surface area contributed by atoms with Gasteiger partial charge in [-0.2, -0.15) is 13.5 Å². The van der Waals surface area contributed by atoms with E-state index in [-0.39, 0.29) is 4.90 Å². The van der Waals surface area contributed by atoms with E-state index in [0.717, 1.165) is 0 Å². The lowest BCUT2D eigenvalue weighted by molar-refractivity contribution is 0.349. The average molecular weight is 350 g/mol. The lowest BCUT2D eigenvalue weighted by Crippen LogP contribution is -2.18. The van der Waals surface area contributed by atoms with E-state index in [1.165, 1.54) is 39.7 Å². The van der Waals surface area contributed by atoms with Crippen molar-refractivity contribution in [3.05, 3.63) is 48.0 Å². The maximum atomic E-state index is 12.1. The molecule has 2 rings (SSSR count). The maximum Gasteiger partial charge on any atom is 0.276 e. The number of rotatable bonds is 7. The molecule has 0 radical (unpaired) electrons. The van der Waals surface area contributed by atoms with Crippen molar-refractivity contribution in [2.24, 2.45) is 5.10 Å². The quantitative estimate of drug-likeness (QED) is 0.610. The van der Waals surface area contributed by atoms with E-state index in [1.54, 1.807) is 30.3 Å². The molecule has 1 N–H and O–H groups in total. The van der Waals surface area contributed by atoms with Gasteiger partial charge in [0.05, 0.1) is 32.4 Å². The molecule has 0 heterocycles. The summed E-state index contributed by atoms with van der Waals surface area (Å²) in [6.45, 7) is 0. The number of ether oxygens (including phenoxy) is 3. The minimum Gasteiger partial charge on any atom is -0.496 e. The normalized spacial score (nSPS) is 11.3. The fourth-order valence-electron chi connectivity index (χ4n) is 1.97. The largest absolute Gasteiger partial charge is 0.496 e. The van der Waals surface area contributed by atoms with Crippen molar-refractivity contribution >= 4 is 16.2 Å². The number of nitrogens with zero attached hydrogens (tertiary/aromatic N) is 1. The first kappa shape index (κ1) is 17.6. The van der Waals surface area contributed by atoms with Gasteiger partial charge in [0.2, 0.25) is 0 Å². The third-order valence-electron chi connectivity index (χ3n) is 3.17. The van der Waals surface area contributed by atoms with Crippen molar-refractivity contribution in [3.63, 3.8) is 0 Å². The highest BCUT2D eigenvalue weighted by Crippen LogP contribution is 2.33. The summed E-state index contributed by atoms with van der Waals surface area (Å²) in [7, 11) is 0.786. The standard InChI is InChI=1S/C16H18N2O5S/c1-21-14-10-16(23-3)15(22-2)9-12(14)11-17-18-24(19,20)13-7-5-4-6-8-13/h4-11,18H,1-3H3. The fourth-order valence-corrected chi connectivity index (χ4v) is 2.78. The van der Waals surface area contributed by atoms with Crippen molar-refractivity contribution in [2.75, 3.05) is 21.3 Å². The van der Waals surface area contributed by atoms with Gasteiger partial charge in [0, 0.05) is 11.6 Å². The predicted octanol–water partition coefficient (Wildman–Crippen LogP) is 2.02. The smallest absolute Gasteiger partial charge is 0.276 e. The molecule has 0 amide bonds. The molecule has 0 saturated carbocycles. The number of methoxy groups -OCH3 is 3. The molecule has 0 fully saturated rings. The highest BCUT2D eigenvalue weighted by Gasteiger charge is 2.13. The summed E-state index contributed by atoms with van der Waals surface area (Å²) in [6, 6.07) is 11.2. The zero-order valence-corrected chi connectivity index (χ0v) is 14.3. The number of nitrogens with one attached hydrogen (secondary N) is 1. The van der Waals surface area contributed by atoms with Gasteiger partial charge in [0.1, 0.15) is 5.75 Å². The van der Waals surface area contributed by atoms with Gasteiger partial charge >= 0.3 is 0 Å². The van der Waals surface area contributed by atoms with Gasteiger partial charge in [-0.25, -0.2) is 4.83 Å². The van der Waals surface area contributed by atoms with Gasteiger partial charge in [-0.3, -0.25) is 0 Å².